The Labute approximate surface area is 159 Å². The number of rotatable bonds is 2. The number of carbonyl (C=O) groups is 2. The summed E-state index contributed by atoms with van der Waals surface area (Å²) >= 11 is 0. The number of halogens is 1. The molecule has 26 heavy (non-hydrogen) atoms. The van der Waals surface area contributed by atoms with Crippen LogP contribution in [0.5, 0.6) is 0 Å². The van der Waals surface area contributed by atoms with E-state index in [0.717, 1.165) is 36.7 Å². The standard InChI is InChI=1S/C17H21N3O4S.ClH/c1-2-19-17(22)14-6-3-11(9-15(14)25(19,23)24)16(21)20-12-4-5-13(20)10-18-8-7-12;/h3,6,9,12-13,18H,2,4-5,7-8,10H2,1H3;1H. The van der Waals surface area contributed by atoms with E-state index in [2.05, 4.69) is 5.32 Å². The highest BCUT2D eigenvalue weighted by molar-refractivity contribution is 7.90. The Kier molecular flexibility index (Phi) is 5.02. The van der Waals surface area contributed by atoms with E-state index in [-0.39, 0.29) is 47.4 Å². The summed E-state index contributed by atoms with van der Waals surface area (Å²) in [6.45, 7) is 3.37. The zero-order valence-corrected chi connectivity index (χ0v) is 16.1. The van der Waals surface area contributed by atoms with Crippen LogP contribution in [0.2, 0.25) is 0 Å². The Morgan fingerprint density at radius 2 is 1.96 bits per heavy atom. The molecule has 2 fully saturated rings. The third kappa shape index (κ3) is 2.71. The quantitative estimate of drug-likeness (QED) is 0.808. The molecule has 0 aromatic heterocycles. The molecule has 0 spiro atoms. The topological polar surface area (TPSA) is 86.8 Å². The molecule has 1 N–H and O–H groups in total. The molecular weight excluding hydrogens is 378 g/mol. The van der Waals surface area contributed by atoms with Gasteiger partial charge in [0, 0.05) is 30.7 Å². The fraction of sp³-hybridized carbons (Fsp3) is 0.529. The summed E-state index contributed by atoms with van der Waals surface area (Å²) < 4.78 is 25.9. The van der Waals surface area contributed by atoms with E-state index in [0.29, 0.717) is 5.56 Å². The molecule has 9 heteroatoms. The average molecular weight is 400 g/mol. The van der Waals surface area contributed by atoms with Gasteiger partial charge in [-0.25, -0.2) is 12.7 Å². The molecule has 2 unspecified atom stereocenters. The minimum Gasteiger partial charge on any atom is -0.331 e. The number of sulfonamides is 1. The van der Waals surface area contributed by atoms with E-state index >= 15 is 0 Å². The number of hydrogen-bond donors (Lipinski definition) is 1. The van der Waals surface area contributed by atoms with Crippen molar-refractivity contribution >= 4 is 34.2 Å². The van der Waals surface area contributed by atoms with Gasteiger partial charge in [-0.2, -0.15) is 0 Å². The SMILES string of the molecule is CCN1C(=O)c2ccc(C(=O)N3C4CCNCC3CC4)cc2S1(=O)=O.Cl. The molecule has 2 atom stereocenters. The lowest BCUT2D eigenvalue weighted by atomic mass is 10.1. The molecule has 142 valence electrons. The molecule has 3 aliphatic rings. The van der Waals surface area contributed by atoms with Gasteiger partial charge in [0.2, 0.25) is 0 Å². The Bertz CT molecular complexity index is 844. The van der Waals surface area contributed by atoms with Gasteiger partial charge in [0.25, 0.3) is 21.8 Å². The van der Waals surface area contributed by atoms with Crippen LogP contribution in [0.4, 0.5) is 0 Å². The normalized spacial score (nSPS) is 26.3. The van der Waals surface area contributed by atoms with Crippen LogP contribution in [0.25, 0.3) is 0 Å². The summed E-state index contributed by atoms with van der Waals surface area (Å²) in [5.41, 5.74) is 0.491. The maximum atomic E-state index is 13.1. The van der Waals surface area contributed by atoms with Crippen molar-refractivity contribution in [2.24, 2.45) is 0 Å². The molecule has 0 aliphatic carbocycles. The van der Waals surface area contributed by atoms with Gasteiger partial charge in [0.1, 0.15) is 4.90 Å². The number of hydrogen-bond acceptors (Lipinski definition) is 5. The summed E-state index contributed by atoms with van der Waals surface area (Å²) in [5, 5.41) is 3.35. The predicted octanol–water partition coefficient (Wildman–Crippen LogP) is 1.24. The molecule has 0 saturated carbocycles. The molecular formula is C17H22ClN3O4S. The summed E-state index contributed by atoms with van der Waals surface area (Å²) in [6.07, 6.45) is 2.87. The monoisotopic (exact) mass is 399 g/mol. The number of nitrogens with zero attached hydrogens (tertiary/aromatic N) is 2. The van der Waals surface area contributed by atoms with Gasteiger partial charge >= 0.3 is 0 Å². The first kappa shape index (κ1) is 19.1. The van der Waals surface area contributed by atoms with Crippen molar-refractivity contribution in [1.82, 2.24) is 14.5 Å². The third-order valence-electron chi connectivity index (χ3n) is 5.43. The number of nitrogens with one attached hydrogen (secondary N) is 1. The van der Waals surface area contributed by atoms with Gasteiger partial charge in [0.05, 0.1) is 5.56 Å². The molecule has 4 rings (SSSR count). The van der Waals surface area contributed by atoms with Crippen LogP contribution in [-0.4, -0.2) is 61.2 Å². The van der Waals surface area contributed by atoms with Gasteiger partial charge in [-0.3, -0.25) is 9.59 Å². The third-order valence-corrected chi connectivity index (χ3v) is 7.33. The highest BCUT2D eigenvalue weighted by atomic mass is 35.5. The van der Waals surface area contributed by atoms with Crippen LogP contribution in [0.15, 0.2) is 23.1 Å². The zero-order chi connectivity index (χ0) is 17.8. The number of amides is 2. The lowest BCUT2D eigenvalue weighted by molar-refractivity contribution is 0.0679. The molecule has 1 aromatic carbocycles. The van der Waals surface area contributed by atoms with Crippen molar-refractivity contribution < 1.29 is 18.0 Å². The average Bonchev–Trinajstić information content (AvgIpc) is 2.96. The first-order chi connectivity index (χ1) is 11.9. The van der Waals surface area contributed by atoms with Gasteiger partial charge < -0.3 is 10.2 Å². The fourth-order valence-electron chi connectivity index (χ4n) is 4.18. The van der Waals surface area contributed by atoms with E-state index in [1.54, 1.807) is 13.0 Å². The summed E-state index contributed by atoms with van der Waals surface area (Å²) in [4.78, 5) is 27.1. The van der Waals surface area contributed by atoms with Gasteiger partial charge in [-0.05, 0) is 50.9 Å². The van der Waals surface area contributed by atoms with E-state index in [1.165, 1.54) is 12.1 Å². The van der Waals surface area contributed by atoms with E-state index in [9.17, 15) is 18.0 Å². The molecule has 3 heterocycles. The van der Waals surface area contributed by atoms with Crippen molar-refractivity contribution in [1.29, 1.82) is 0 Å². The Balaban J connectivity index is 0.00000196. The first-order valence-corrected chi connectivity index (χ1v) is 10.1. The molecule has 1 aromatic rings. The molecule has 3 aliphatic heterocycles. The van der Waals surface area contributed by atoms with Crippen LogP contribution in [0, 0.1) is 0 Å². The van der Waals surface area contributed by atoms with Crippen molar-refractivity contribution in [2.45, 2.75) is 43.2 Å². The van der Waals surface area contributed by atoms with Crippen molar-refractivity contribution in [2.75, 3.05) is 19.6 Å². The molecule has 2 bridgehead atoms. The molecule has 0 radical (unpaired) electrons. The molecule has 2 saturated heterocycles. The Morgan fingerprint density at radius 3 is 2.69 bits per heavy atom. The van der Waals surface area contributed by atoms with Gasteiger partial charge in [-0.15, -0.1) is 12.4 Å². The van der Waals surface area contributed by atoms with Crippen LogP contribution < -0.4 is 5.32 Å². The lowest BCUT2D eigenvalue weighted by Crippen LogP contribution is -2.42. The molecule has 7 nitrogen and oxygen atoms in total. The Morgan fingerprint density at radius 1 is 1.23 bits per heavy atom. The molecule has 2 amide bonds. The zero-order valence-electron chi connectivity index (χ0n) is 14.5. The predicted molar refractivity (Wildman–Crippen MR) is 98.1 cm³/mol. The van der Waals surface area contributed by atoms with Crippen LogP contribution in [0.3, 0.4) is 0 Å². The maximum absolute atomic E-state index is 13.1. The van der Waals surface area contributed by atoms with Crippen molar-refractivity contribution in [3.63, 3.8) is 0 Å². The van der Waals surface area contributed by atoms with E-state index in [1.807, 2.05) is 4.90 Å². The second-order valence-electron chi connectivity index (χ2n) is 6.78. The van der Waals surface area contributed by atoms with E-state index < -0.39 is 15.9 Å². The second-order valence-corrected chi connectivity index (χ2v) is 8.61. The minimum atomic E-state index is -3.85. The maximum Gasteiger partial charge on any atom is 0.268 e. The summed E-state index contributed by atoms with van der Waals surface area (Å²) in [5.74, 6) is -0.660. The van der Waals surface area contributed by atoms with Crippen LogP contribution >= 0.6 is 12.4 Å². The first-order valence-electron chi connectivity index (χ1n) is 8.69. The largest absolute Gasteiger partial charge is 0.331 e. The van der Waals surface area contributed by atoms with Crippen molar-refractivity contribution in [3.05, 3.63) is 29.3 Å². The second kappa shape index (κ2) is 6.83. The number of benzene rings is 1. The smallest absolute Gasteiger partial charge is 0.268 e. The van der Waals surface area contributed by atoms with Gasteiger partial charge in [-0.1, -0.05) is 0 Å². The highest BCUT2D eigenvalue weighted by Crippen LogP contribution is 2.33. The lowest BCUT2D eigenvalue weighted by Gasteiger charge is -2.28. The summed E-state index contributed by atoms with van der Waals surface area (Å²) in [7, 11) is -3.85. The highest BCUT2D eigenvalue weighted by Gasteiger charge is 2.42. The fourth-order valence-corrected chi connectivity index (χ4v) is 5.79. The van der Waals surface area contributed by atoms with Crippen molar-refractivity contribution in [3.8, 4) is 0 Å². The van der Waals surface area contributed by atoms with Gasteiger partial charge in [0.15, 0.2) is 0 Å². The van der Waals surface area contributed by atoms with Crippen LogP contribution in [-0.2, 0) is 10.0 Å². The number of fused-ring (bicyclic) bond motifs is 3. The van der Waals surface area contributed by atoms with Crippen LogP contribution in [0.1, 0.15) is 46.9 Å². The minimum absolute atomic E-state index is 0. The Hall–Kier alpha value is -1.64. The number of carbonyl (C=O) groups excluding carboxylic acids is 2. The summed E-state index contributed by atoms with van der Waals surface area (Å²) in [6, 6.07) is 4.77. The van der Waals surface area contributed by atoms with E-state index in [4.69, 9.17) is 0 Å².